The molecule has 0 saturated heterocycles. The molecular weight excluding hydrogens is 274 g/mol. The number of hydrogen-bond acceptors (Lipinski definition) is 3. The summed E-state index contributed by atoms with van der Waals surface area (Å²) in [5.41, 5.74) is 1.60. The molecule has 1 rings (SSSR count). The van der Waals surface area contributed by atoms with E-state index < -0.39 is 12.0 Å². The lowest BCUT2D eigenvalue weighted by atomic mass is 10.0. The highest BCUT2D eigenvalue weighted by molar-refractivity contribution is 7.98. The van der Waals surface area contributed by atoms with Crippen LogP contribution in [0.25, 0.3) is 0 Å². The molecule has 1 aromatic rings. The van der Waals surface area contributed by atoms with Crippen molar-refractivity contribution in [3.8, 4) is 0 Å². The van der Waals surface area contributed by atoms with Gasteiger partial charge in [0.1, 0.15) is 6.04 Å². The average Bonchev–Trinajstić information content (AvgIpc) is 2.37. The van der Waals surface area contributed by atoms with Crippen LogP contribution in [0.15, 0.2) is 23.1 Å². The zero-order valence-corrected chi connectivity index (χ0v) is 13.1. The molecule has 2 N–H and O–H groups in total. The number of thioether (sulfide) groups is 1. The fourth-order valence-electron chi connectivity index (χ4n) is 1.90. The molecule has 1 aromatic carbocycles. The molecule has 0 heterocycles. The Morgan fingerprint density at radius 1 is 1.35 bits per heavy atom. The summed E-state index contributed by atoms with van der Waals surface area (Å²) in [6, 6.07) is 4.54. The van der Waals surface area contributed by atoms with Crippen molar-refractivity contribution >= 4 is 23.6 Å². The number of carboxylic acids is 1. The molecule has 0 saturated carbocycles. The third-order valence-corrected chi connectivity index (χ3v) is 3.86. The molecule has 0 aliphatic carbocycles. The second-order valence-corrected chi connectivity index (χ2v) is 6.03. The van der Waals surface area contributed by atoms with E-state index in [1.807, 2.05) is 33.1 Å². The first kappa shape index (κ1) is 16.6. The van der Waals surface area contributed by atoms with Crippen molar-refractivity contribution in [1.82, 2.24) is 5.32 Å². The van der Waals surface area contributed by atoms with Gasteiger partial charge in [-0.3, -0.25) is 4.79 Å². The Labute approximate surface area is 124 Å². The first-order valence-electron chi connectivity index (χ1n) is 6.53. The number of benzene rings is 1. The molecule has 110 valence electrons. The van der Waals surface area contributed by atoms with Gasteiger partial charge in [-0.25, -0.2) is 4.79 Å². The quantitative estimate of drug-likeness (QED) is 0.792. The van der Waals surface area contributed by atoms with Gasteiger partial charge in [0.25, 0.3) is 5.91 Å². The van der Waals surface area contributed by atoms with Crippen molar-refractivity contribution < 1.29 is 14.7 Å². The Kier molecular flexibility index (Phi) is 6.07. The van der Waals surface area contributed by atoms with Crippen LogP contribution < -0.4 is 5.32 Å². The summed E-state index contributed by atoms with van der Waals surface area (Å²) in [4.78, 5) is 24.3. The van der Waals surface area contributed by atoms with Gasteiger partial charge in [0.15, 0.2) is 0 Å². The largest absolute Gasteiger partial charge is 0.480 e. The molecule has 4 nitrogen and oxygen atoms in total. The van der Waals surface area contributed by atoms with Crippen LogP contribution in [0.1, 0.15) is 36.2 Å². The van der Waals surface area contributed by atoms with Crippen LogP contribution in [-0.2, 0) is 4.79 Å². The summed E-state index contributed by atoms with van der Waals surface area (Å²) in [6.45, 7) is 5.84. The highest BCUT2D eigenvalue weighted by Gasteiger charge is 2.21. The van der Waals surface area contributed by atoms with E-state index in [4.69, 9.17) is 5.11 Å². The maximum absolute atomic E-state index is 12.1. The van der Waals surface area contributed by atoms with E-state index in [2.05, 4.69) is 5.32 Å². The fraction of sp³-hybridized carbons (Fsp3) is 0.467. The summed E-state index contributed by atoms with van der Waals surface area (Å²) in [5, 5.41) is 11.7. The average molecular weight is 295 g/mol. The van der Waals surface area contributed by atoms with Crippen LogP contribution in [0.4, 0.5) is 0 Å². The highest BCUT2D eigenvalue weighted by Crippen LogP contribution is 2.21. The molecule has 0 bridgehead atoms. The lowest BCUT2D eigenvalue weighted by Gasteiger charge is -2.17. The molecule has 20 heavy (non-hydrogen) atoms. The molecule has 0 aliphatic rings. The zero-order valence-electron chi connectivity index (χ0n) is 12.3. The first-order valence-corrected chi connectivity index (χ1v) is 7.76. The molecule has 0 spiro atoms. The van der Waals surface area contributed by atoms with Gasteiger partial charge in [0, 0.05) is 10.5 Å². The van der Waals surface area contributed by atoms with E-state index in [0.717, 1.165) is 10.5 Å². The normalized spacial score (nSPS) is 12.2. The smallest absolute Gasteiger partial charge is 0.326 e. The van der Waals surface area contributed by atoms with Gasteiger partial charge in [0.05, 0.1) is 0 Å². The van der Waals surface area contributed by atoms with Gasteiger partial charge in [-0.2, -0.15) is 0 Å². The van der Waals surface area contributed by atoms with Crippen molar-refractivity contribution in [2.75, 3.05) is 6.26 Å². The van der Waals surface area contributed by atoms with Crippen molar-refractivity contribution in [3.05, 3.63) is 29.3 Å². The van der Waals surface area contributed by atoms with Gasteiger partial charge in [-0.1, -0.05) is 19.9 Å². The SMILES string of the molecule is CSc1cc(C(=O)NC(CC(C)C)C(=O)O)ccc1C. The number of hydrogen-bond donors (Lipinski definition) is 2. The second-order valence-electron chi connectivity index (χ2n) is 5.18. The van der Waals surface area contributed by atoms with E-state index in [1.165, 1.54) is 0 Å². The van der Waals surface area contributed by atoms with Crippen LogP contribution in [-0.4, -0.2) is 29.3 Å². The molecule has 0 aliphatic heterocycles. The van der Waals surface area contributed by atoms with Crippen LogP contribution in [0.2, 0.25) is 0 Å². The summed E-state index contributed by atoms with van der Waals surface area (Å²) in [5.74, 6) is -1.13. The van der Waals surface area contributed by atoms with Crippen LogP contribution in [0, 0.1) is 12.8 Å². The minimum absolute atomic E-state index is 0.205. The zero-order chi connectivity index (χ0) is 15.3. The number of aliphatic carboxylic acids is 1. The standard InChI is InChI=1S/C15H21NO3S/c1-9(2)7-12(15(18)19)16-14(17)11-6-5-10(3)13(8-11)20-4/h5-6,8-9,12H,7H2,1-4H3,(H,16,17)(H,18,19). The number of carbonyl (C=O) groups excluding carboxylic acids is 1. The predicted octanol–water partition coefficient (Wildman–Crippen LogP) is 2.95. The highest BCUT2D eigenvalue weighted by atomic mass is 32.2. The third kappa shape index (κ3) is 4.56. The van der Waals surface area contributed by atoms with E-state index in [1.54, 1.807) is 23.9 Å². The summed E-state index contributed by atoms with van der Waals surface area (Å²) < 4.78 is 0. The van der Waals surface area contributed by atoms with Crippen LogP contribution in [0.3, 0.4) is 0 Å². The molecular formula is C15H21NO3S. The Morgan fingerprint density at radius 2 is 2.00 bits per heavy atom. The van der Waals surface area contributed by atoms with Gasteiger partial charge in [0.2, 0.25) is 0 Å². The van der Waals surface area contributed by atoms with Crippen molar-refractivity contribution in [3.63, 3.8) is 0 Å². The van der Waals surface area contributed by atoms with Crippen molar-refractivity contribution in [1.29, 1.82) is 0 Å². The number of aryl methyl sites for hydroxylation is 1. The molecule has 1 unspecified atom stereocenters. The minimum Gasteiger partial charge on any atom is -0.480 e. The Morgan fingerprint density at radius 3 is 2.50 bits per heavy atom. The van der Waals surface area contributed by atoms with Crippen LogP contribution >= 0.6 is 11.8 Å². The fourth-order valence-corrected chi connectivity index (χ4v) is 2.53. The Balaban J connectivity index is 2.86. The van der Waals surface area contributed by atoms with Gasteiger partial charge < -0.3 is 10.4 Å². The van der Waals surface area contributed by atoms with Gasteiger partial charge >= 0.3 is 5.97 Å². The summed E-state index contributed by atoms with van der Waals surface area (Å²) in [7, 11) is 0. The molecule has 1 amide bonds. The number of rotatable bonds is 6. The van der Waals surface area contributed by atoms with Crippen molar-refractivity contribution in [2.45, 2.75) is 38.1 Å². The maximum Gasteiger partial charge on any atom is 0.326 e. The summed E-state index contributed by atoms with van der Waals surface area (Å²) >= 11 is 1.57. The van der Waals surface area contributed by atoms with E-state index in [-0.39, 0.29) is 11.8 Å². The number of nitrogens with one attached hydrogen (secondary N) is 1. The monoisotopic (exact) mass is 295 g/mol. The number of amides is 1. The van der Waals surface area contributed by atoms with Crippen molar-refractivity contribution in [2.24, 2.45) is 5.92 Å². The van der Waals surface area contributed by atoms with E-state index >= 15 is 0 Å². The predicted molar refractivity (Wildman–Crippen MR) is 81.3 cm³/mol. The Bertz CT molecular complexity index is 500. The molecule has 1 atom stereocenters. The molecule has 5 heteroatoms. The molecule has 0 aromatic heterocycles. The number of carboxylic acid groups (broad SMARTS) is 1. The summed E-state index contributed by atoms with van der Waals surface area (Å²) in [6.07, 6.45) is 2.37. The van der Waals surface area contributed by atoms with E-state index in [0.29, 0.717) is 12.0 Å². The van der Waals surface area contributed by atoms with E-state index in [9.17, 15) is 9.59 Å². The molecule has 0 fully saturated rings. The second kappa shape index (κ2) is 7.33. The maximum atomic E-state index is 12.1. The molecule has 0 radical (unpaired) electrons. The minimum atomic E-state index is -0.996. The van der Waals surface area contributed by atoms with Gasteiger partial charge in [-0.05, 0) is 43.2 Å². The number of carbonyl (C=O) groups is 2. The van der Waals surface area contributed by atoms with Crippen LogP contribution in [0.5, 0.6) is 0 Å². The third-order valence-electron chi connectivity index (χ3n) is 2.98. The lowest BCUT2D eigenvalue weighted by Crippen LogP contribution is -2.41. The first-order chi connectivity index (χ1) is 9.35. The Hall–Kier alpha value is -1.49. The lowest BCUT2D eigenvalue weighted by molar-refractivity contribution is -0.139. The van der Waals surface area contributed by atoms with Gasteiger partial charge in [-0.15, -0.1) is 11.8 Å². The topological polar surface area (TPSA) is 66.4 Å².